The van der Waals surface area contributed by atoms with Crippen molar-refractivity contribution < 1.29 is 9.53 Å². The molecule has 0 aliphatic carbocycles. The van der Waals surface area contributed by atoms with Crippen LogP contribution in [0.3, 0.4) is 0 Å². The molecule has 1 aromatic rings. The number of halogens is 3. The number of carbonyl (C=O) groups is 1. The van der Waals surface area contributed by atoms with Crippen molar-refractivity contribution in [3.63, 3.8) is 0 Å². The van der Waals surface area contributed by atoms with Gasteiger partial charge in [-0.3, -0.25) is 0 Å². The van der Waals surface area contributed by atoms with Crippen LogP contribution >= 0.6 is 59.1 Å². The Kier molecular flexibility index (Phi) is 4.41. The second kappa shape index (κ2) is 4.91. The van der Waals surface area contributed by atoms with E-state index in [9.17, 15) is 4.79 Å². The molecule has 0 saturated heterocycles. The Morgan fingerprint density at radius 2 is 2.00 bits per heavy atom. The molecule has 0 radical (unpaired) electrons. The van der Waals surface area contributed by atoms with Crippen molar-refractivity contribution in [3.05, 3.63) is 17.6 Å². The molecular weight excluding hydrogens is 388 g/mol. The van der Waals surface area contributed by atoms with Gasteiger partial charge in [-0.15, -0.1) is 11.3 Å². The van der Waals surface area contributed by atoms with Gasteiger partial charge in [-0.05, 0) is 54.7 Å². The van der Waals surface area contributed by atoms with Crippen LogP contribution in [0.2, 0.25) is 0 Å². The van der Waals surface area contributed by atoms with E-state index in [4.69, 9.17) is 4.74 Å². The van der Waals surface area contributed by atoms with Crippen molar-refractivity contribution in [1.82, 2.24) is 0 Å². The molecule has 1 aromatic heterocycles. The third kappa shape index (κ3) is 2.55. The molecule has 0 aliphatic rings. The van der Waals surface area contributed by atoms with Gasteiger partial charge in [0.25, 0.3) is 0 Å². The largest absolute Gasteiger partial charge is 0.462 e. The lowest BCUT2D eigenvalue weighted by Crippen LogP contribution is -2.02. The van der Waals surface area contributed by atoms with Gasteiger partial charge in [0, 0.05) is 0 Å². The number of carbonyl (C=O) groups excluding carboxylic acids is 1. The standard InChI is InChI=1S/C7H5Br3O2S/c1-2-12-7(11)5-3(8)4(9)6(10)13-5/h2H2,1H3. The monoisotopic (exact) mass is 390 g/mol. The summed E-state index contributed by atoms with van der Waals surface area (Å²) in [5.41, 5.74) is 0. The minimum absolute atomic E-state index is 0.300. The zero-order valence-corrected chi connectivity index (χ0v) is 12.1. The molecule has 72 valence electrons. The number of ether oxygens (including phenoxy) is 1. The highest BCUT2D eigenvalue weighted by Gasteiger charge is 2.19. The fraction of sp³-hybridized carbons (Fsp3) is 0.286. The van der Waals surface area contributed by atoms with E-state index in [-0.39, 0.29) is 5.97 Å². The van der Waals surface area contributed by atoms with Gasteiger partial charge in [-0.1, -0.05) is 0 Å². The maximum absolute atomic E-state index is 11.3. The first-order valence-electron chi connectivity index (χ1n) is 3.38. The Morgan fingerprint density at radius 3 is 2.38 bits per heavy atom. The predicted octanol–water partition coefficient (Wildman–Crippen LogP) is 4.21. The lowest BCUT2D eigenvalue weighted by atomic mass is 10.5. The highest BCUT2D eigenvalue weighted by Crippen LogP contribution is 2.41. The molecule has 0 N–H and O–H groups in total. The maximum Gasteiger partial charge on any atom is 0.349 e. The summed E-state index contributed by atoms with van der Waals surface area (Å²) in [6.07, 6.45) is 0. The predicted molar refractivity (Wildman–Crippen MR) is 63.4 cm³/mol. The van der Waals surface area contributed by atoms with Crippen LogP contribution in [0.25, 0.3) is 0 Å². The van der Waals surface area contributed by atoms with E-state index in [0.717, 1.165) is 12.7 Å². The first-order chi connectivity index (χ1) is 6.07. The van der Waals surface area contributed by atoms with Gasteiger partial charge in [0.15, 0.2) is 0 Å². The van der Waals surface area contributed by atoms with Crippen molar-refractivity contribution >= 4 is 65.1 Å². The van der Waals surface area contributed by atoms with Gasteiger partial charge in [0.1, 0.15) is 4.88 Å². The van der Waals surface area contributed by atoms with E-state index in [1.54, 1.807) is 6.92 Å². The topological polar surface area (TPSA) is 26.3 Å². The Bertz CT molecular complexity index is 335. The smallest absolute Gasteiger partial charge is 0.349 e. The maximum atomic E-state index is 11.3. The van der Waals surface area contributed by atoms with Crippen LogP contribution in [-0.2, 0) is 4.74 Å². The quantitative estimate of drug-likeness (QED) is 0.705. The summed E-state index contributed by atoms with van der Waals surface area (Å²) in [6.45, 7) is 2.17. The van der Waals surface area contributed by atoms with Crippen LogP contribution in [0.15, 0.2) is 12.7 Å². The first-order valence-corrected chi connectivity index (χ1v) is 6.57. The molecular formula is C7H5Br3O2S. The highest BCUT2D eigenvalue weighted by molar-refractivity contribution is 9.14. The molecule has 1 rings (SSSR count). The van der Waals surface area contributed by atoms with Crippen molar-refractivity contribution in [2.75, 3.05) is 6.61 Å². The molecule has 0 saturated carbocycles. The van der Waals surface area contributed by atoms with Gasteiger partial charge in [0.05, 0.1) is 19.3 Å². The Labute approximate surface area is 105 Å². The molecule has 2 nitrogen and oxygen atoms in total. The van der Waals surface area contributed by atoms with E-state index in [0.29, 0.717) is 11.5 Å². The molecule has 0 amide bonds. The summed E-state index contributed by atoms with van der Waals surface area (Å²) in [5.74, 6) is -0.300. The minimum Gasteiger partial charge on any atom is -0.462 e. The van der Waals surface area contributed by atoms with E-state index >= 15 is 0 Å². The Morgan fingerprint density at radius 1 is 1.38 bits per heavy atom. The molecule has 0 bridgehead atoms. The van der Waals surface area contributed by atoms with Crippen LogP contribution in [0, 0.1) is 0 Å². The SMILES string of the molecule is CCOC(=O)c1sc(Br)c(Br)c1Br. The van der Waals surface area contributed by atoms with Crippen molar-refractivity contribution in [1.29, 1.82) is 0 Å². The molecule has 13 heavy (non-hydrogen) atoms. The summed E-state index contributed by atoms with van der Waals surface area (Å²) in [5, 5.41) is 0. The number of rotatable bonds is 2. The fourth-order valence-electron chi connectivity index (χ4n) is 0.693. The van der Waals surface area contributed by atoms with E-state index in [1.807, 2.05) is 0 Å². The average Bonchev–Trinajstić information content (AvgIpc) is 2.33. The second-order valence-electron chi connectivity index (χ2n) is 2.05. The van der Waals surface area contributed by atoms with Gasteiger partial charge >= 0.3 is 5.97 Å². The summed E-state index contributed by atoms with van der Waals surface area (Å²) in [7, 11) is 0. The molecule has 0 spiro atoms. The van der Waals surface area contributed by atoms with Crippen molar-refractivity contribution in [2.45, 2.75) is 6.92 Å². The Hall–Kier alpha value is 0.610. The van der Waals surface area contributed by atoms with Gasteiger partial charge in [-0.2, -0.15) is 0 Å². The van der Waals surface area contributed by atoms with Crippen molar-refractivity contribution in [3.8, 4) is 0 Å². The normalized spacial score (nSPS) is 10.2. The highest BCUT2D eigenvalue weighted by atomic mass is 79.9. The first kappa shape index (κ1) is 11.7. The number of thiophene rings is 1. The van der Waals surface area contributed by atoms with Crippen LogP contribution in [-0.4, -0.2) is 12.6 Å². The molecule has 0 fully saturated rings. The fourth-order valence-corrected chi connectivity index (χ4v) is 3.65. The number of esters is 1. The Balaban J connectivity index is 3.01. The average molecular weight is 393 g/mol. The third-order valence-corrected chi connectivity index (χ3v) is 6.23. The zero-order valence-electron chi connectivity index (χ0n) is 6.57. The molecule has 0 aromatic carbocycles. The molecule has 6 heteroatoms. The number of hydrogen-bond donors (Lipinski definition) is 0. The van der Waals surface area contributed by atoms with Gasteiger partial charge in [-0.25, -0.2) is 4.79 Å². The summed E-state index contributed by atoms with van der Waals surface area (Å²) in [4.78, 5) is 11.9. The van der Waals surface area contributed by atoms with E-state index in [1.165, 1.54) is 11.3 Å². The van der Waals surface area contributed by atoms with Crippen LogP contribution in [0.5, 0.6) is 0 Å². The second-order valence-corrected chi connectivity index (χ2v) is 5.98. The van der Waals surface area contributed by atoms with Crippen molar-refractivity contribution in [2.24, 2.45) is 0 Å². The third-order valence-electron chi connectivity index (χ3n) is 1.22. The molecule has 0 atom stereocenters. The molecule has 0 aliphatic heterocycles. The lowest BCUT2D eigenvalue weighted by molar-refractivity contribution is 0.0531. The van der Waals surface area contributed by atoms with Gasteiger partial charge in [0.2, 0.25) is 0 Å². The van der Waals surface area contributed by atoms with Crippen LogP contribution in [0.1, 0.15) is 16.6 Å². The molecule has 0 unspecified atom stereocenters. The van der Waals surface area contributed by atoms with E-state index < -0.39 is 0 Å². The molecule has 1 heterocycles. The van der Waals surface area contributed by atoms with Gasteiger partial charge < -0.3 is 4.74 Å². The lowest BCUT2D eigenvalue weighted by Gasteiger charge is -1.98. The minimum atomic E-state index is -0.300. The summed E-state index contributed by atoms with van der Waals surface area (Å²) >= 11 is 11.3. The van der Waals surface area contributed by atoms with E-state index in [2.05, 4.69) is 47.8 Å². The number of hydrogen-bond acceptors (Lipinski definition) is 3. The van der Waals surface area contributed by atoms with Crippen LogP contribution in [0.4, 0.5) is 0 Å². The summed E-state index contributed by atoms with van der Waals surface area (Å²) < 4.78 is 7.34. The van der Waals surface area contributed by atoms with Crippen LogP contribution < -0.4 is 0 Å². The zero-order chi connectivity index (χ0) is 10.0. The summed E-state index contributed by atoms with van der Waals surface area (Å²) in [6, 6.07) is 0.